The largest absolute Gasteiger partial charge is 0.370 e. The summed E-state index contributed by atoms with van der Waals surface area (Å²) in [5.74, 6) is -0.515. The highest BCUT2D eigenvalue weighted by molar-refractivity contribution is 6.21. The van der Waals surface area contributed by atoms with Gasteiger partial charge in [-0.25, -0.2) is 0 Å². The molecule has 0 aliphatic heterocycles. The molecule has 2 N–H and O–H groups in total. The lowest BCUT2D eigenvalue weighted by Gasteiger charge is -2.07. The smallest absolute Gasteiger partial charge is 0.272 e. The number of nitrogens with zero attached hydrogens (tertiary/aromatic N) is 1. The molecule has 1 rings (SSSR count). The van der Waals surface area contributed by atoms with Crippen LogP contribution in [0, 0.1) is 10.1 Å². The summed E-state index contributed by atoms with van der Waals surface area (Å²) in [6, 6.07) is 6.30. The van der Waals surface area contributed by atoms with E-state index in [2.05, 4.69) is 0 Å². The number of amides is 1. The Labute approximate surface area is 97.3 Å². The van der Waals surface area contributed by atoms with Gasteiger partial charge in [-0.05, 0) is 6.42 Å². The zero-order valence-corrected chi connectivity index (χ0v) is 9.18. The van der Waals surface area contributed by atoms with Crippen LogP contribution in [-0.4, -0.2) is 16.2 Å². The minimum atomic E-state index is -0.515. The van der Waals surface area contributed by atoms with Crippen molar-refractivity contribution in [1.82, 2.24) is 0 Å². The lowest BCUT2D eigenvalue weighted by atomic mass is 10.1. The molecule has 0 spiro atoms. The molecule has 0 heterocycles. The fourth-order valence-electron chi connectivity index (χ4n) is 1.39. The van der Waals surface area contributed by atoms with Crippen LogP contribution in [0.2, 0.25) is 0 Å². The second kappa shape index (κ2) is 5.46. The molecule has 1 aromatic carbocycles. The third kappa shape index (κ3) is 3.51. The first-order chi connectivity index (χ1) is 7.50. The second-order valence-electron chi connectivity index (χ2n) is 3.36. The van der Waals surface area contributed by atoms with Crippen molar-refractivity contribution in [3.8, 4) is 0 Å². The number of benzene rings is 1. The molecule has 1 amide bonds. The monoisotopic (exact) mass is 242 g/mol. The van der Waals surface area contributed by atoms with Crippen molar-refractivity contribution >= 4 is 23.2 Å². The number of para-hydroxylation sites is 1. The minimum Gasteiger partial charge on any atom is -0.370 e. The molecule has 0 aliphatic carbocycles. The SMILES string of the molecule is NC(=O)CC(Cl)Cc1ccccc1[N+](=O)[O-]. The lowest BCUT2D eigenvalue weighted by molar-refractivity contribution is -0.385. The van der Waals surface area contributed by atoms with Gasteiger partial charge < -0.3 is 5.73 Å². The van der Waals surface area contributed by atoms with E-state index in [9.17, 15) is 14.9 Å². The molecule has 0 saturated carbocycles. The van der Waals surface area contributed by atoms with Crippen molar-refractivity contribution in [1.29, 1.82) is 0 Å². The summed E-state index contributed by atoms with van der Waals surface area (Å²) in [6.45, 7) is 0. The van der Waals surface area contributed by atoms with Crippen LogP contribution in [0.3, 0.4) is 0 Å². The normalized spacial score (nSPS) is 12.1. The number of carbonyl (C=O) groups excluding carboxylic acids is 1. The molecule has 0 fully saturated rings. The van der Waals surface area contributed by atoms with Gasteiger partial charge >= 0.3 is 0 Å². The highest BCUT2D eigenvalue weighted by Crippen LogP contribution is 2.21. The average molecular weight is 243 g/mol. The summed E-state index contributed by atoms with van der Waals surface area (Å²) in [4.78, 5) is 20.8. The number of alkyl halides is 1. The summed E-state index contributed by atoms with van der Waals surface area (Å²) in [5, 5.41) is 10.2. The topological polar surface area (TPSA) is 86.2 Å². The minimum absolute atomic E-state index is 0.00754. The summed E-state index contributed by atoms with van der Waals surface area (Å²) in [5.41, 5.74) is 5.51. The number of rotatable bonds is 5. The van der Waals surface area contributed by atoms with E-state index in [1.807, 2.05) is 0 Å². The number of carbonyl (C=O) groups is 1. The van der Waals surface area contributed by atoms with E-state index in [1.54, 1.807) is 18.2 Å². The van der Waals surface area contributed by atoms with Crippen molar-refractivity contribution in [2.45, 2.75) is 18.2 Å². The predicted molar refractivity (Wildman–Crippen MR) is 60.3 cm³/mol. The molecular formula is C10H11ClN2O3. The molecule has 0 radical (unpaired) electrons. The lowest BCUT2D eigenvalue weighted by Crippen LogP contribution is -2.18. The van der Waals surface area contributed by atoms with Crippen LogP contribution in [0.5, 0.6) is 0 Å². The van der Waals surface area contributed by atoms with Crippen LogP contribution >= 0.6 is 11.6 Å². The first-order valence-electron chi connectivity index (χ1n) is 4.65. The van der Waals surface area contributed by atoms with E-state index in [1.165, 1.54) is 6.07 Å². The Morgan fingerprint density at radius 2 is 2.12 bits per heavy atom. The molecule has 5 nitrogen and oxygen atoms in total. The van der Waals surface area contributed by atoms with Crippen LogP contribution in [0.1, 0.15) is 12.0 Å². The van der Waals surface area contributed by atoms with E-state index in [-0.39, 0.29) is 18.5 Å². The molecule has 0 aliphatic rings. The Bertz CT molecular complexity index is 409. The van der Waals surface area contributed by atoms with Gasteiger partial charge in [0, 0.05) is 23.4 Å². The van der Waals surface area contributed by atoms with Gasteiger partial charge in [0.15, 0.2) is 0 Å². The maximum Gasteiger partial charge on any atom is 0.272 e. The highest BCUT2D eigenvalue weighted by Gasteiger charge is 2.17. The zero-order chi connectivity index (χ0) is 12.1. The molecule has 1 unspecified atom stereocenters. The van der Waals surface area contributed by atoms with Crippen molar-refractivity contribution in [2.75, 3.05) is 0 Å². The number of nitro groups is 1. The van der Waals surface area contributed by atoms with Crippen molar-refractivity contribution in [2.24, 2.45) is 5.73 Å². The molecule has 86 valence electrons. The zero-order valence-electron chi connectivity index (χ0n) is 8.43. The van der Waals surface area contributed by atoms with Gasteiger partial charge in [-0.2, -0.15) is 0 Å². The summed E-state index contributed by atoms with van der Waals surface area (Å²) < 4.78 is 0. The van der Waals surface area contributed by atoms with E-state index in [0.717, 1.165) is 0 Å². The van der Waals surface area contributed by atoms with Gasteiger partial charge in [0.2, 0.25) is 5.91 Å². The maximum absolute atomic E-state index is 10.7. The van der Waals surface area contributed by atoms with Crippen LogP contribution in [0.15, 0.2) is 24.3 Å². The molecule has 1 aromatic rings. The van der Waals surface area contributed by atoms with Crippen molar-refractivity contribution in [3.05, 3.63) is 39.9 Å². The molecule has 6 heteroatoms. The van der Waals surface area contributed by atoms with E-state index in [4.69, 9.17) is 17.3 Å². The molecule has 0 aromatic heterocycles. The van der Waals surface area contributed by atoms with Gasteiger partial charge in [0.1, 0.15) is 0 Å². The maximum atomic E-state index is 10.7. The van der Waals surface area contributed by atoms with Crippen molar-refractivity contribution in [3.63, 3.8) is 0 Å². The van der Waals surface area contributed by atoms with Crippen LogP contribution < -0.4 is 5.73 Å². The Kier molecular flexibility index (Phi) is 4.25. The molecule has 0 bridgehead atoms. The van der Waals surface area contributed by atoms with Crippen molar-refractivity contribution < 1.29 is 9.72 Å². The number of nitro benzene ring substituents is 1. The quantitative estimate of drug-likeness (QED) is 0.484. The van der Waals surface area contributed by atoms with Gasteiger partial charge in [0.25, 0.3) is 5.69 Å². The standard InChI is InChI=1S/C10H11ClN2O3/c11-8(6-10(12)14)5-7-3-1-2-4-9(7)13(15)16/h1-4,8H,5-6H2,(H2,12,14). The van der Waals surface area contributed by atoms with Gasteiger partial charge in [-0.3, -0.25) is 14.9 Å². The van der Waals surface area contributed by atoms with Crippen LogP contribution in [0.25, 0.3) is 0 Å². The highest BCUT2D eigenvalue weighted by atomic mass is 35.5. The fourth-order valence-corrected chi connectivity index (χ4v) is 1.71. The molecule has 1 atom stereocenters. The van der Waals surface area contributed by atoms with Crippen LogP contribution in [-0.2, 0) is 11.2 Å². The first kappa shape index (κ1) is 12.4. The number of hydrogen-bond donors (Lipinski definition) is 1. The second-order valence-corrected chi connectivity index (χ2v) is 3.97. The number of nitrogens with two attached hydrogens (primary N) is 1. The van der Waals surface area contributed by atoms with E-state index >= 15 is 0 Å². The Hall–Kier alpha value is -1.62. The Morgan fingerprint density at radius 3 is 2.69 bits per heavy atom. The third-order valence-corrected chi connectivity index (χ3v) is 2.36. The number of primary amides is 1. The fraction of sp³-hybridized carbons (Fsp3) is 0.300. The third-order valence-electron chi connectivity index (χ3n) is 2.05. The summed E-state index contributed by atoms with van der Waals surface area (Å²) >= 11 is 5.86. The summed E-state index contributed by atoms with van der Waals surface area (Å²) in [7, 11) is 0. The number of halogens is 1. The molecular weight excluding hydrogens is 232 g/mol. The average Bonchev–Trinajstić information content (AvgIpc) is 2.16. The predicted octanol–water partition coefficient (Wildman–Crippen LogP) is 1.62. The van der Waals surface area contributed by atoms with Gasteiger partial charge in [-0.1, -0.05) is 18.2 Å². The van der Waals surface area contributed by atoms with Gasteiger partial charge in [-0.15, -0.1) is 11.6 Å². The Balaban J connectivity index is 2.80. The first-order valence-corrected chi connectivity index (χ1v) is 5.09. The Morgan fingerprint density at radius 1 is 1.50 bits per heavy atom. The number of hydrogen-bond acceptors (Lipinski definition) is 3. The molecule has 16 heavy (non-hydrogen) atoms. The van der Waals surface area contributed by atoms with E-state index < -0.39 is 16.2 Å². The molecule has 0 saturated heterocycles. The van der Waals surface area contributed by atoms with E-state index in [0.29, 0.717) is 5.56 Å². The van der Waals surface area contributed by atoms with Gasteiger partial charge in [0.05, 0.1) is 4.92 Å². The van der Waals surface area contributed by atoms with Crippen LogP contribution in [0.4, 0.5) is 5.69 Å². The summed E-state index contributed by atoms with van der Waals surface area (Å²) in [6.07, 6.45) is 0.259.